The van der Waals surface area contributed by atoms with Gasteiger partial charge in [0.25, 0.3) is 0 Å². The average Bonchev–Trinajstić information content (AvgIpc) is 3.36. The zero-order valence-electron chi connectivity index (χ0n) is 21.7. The Labute approximate surface area is 234 Å². The Morgan fingerprint density at radius 1 is 1.05 bits per heavy atom. The molecule has 0 unspecified atom stereocenters. The number of hydrogen-bond donors (Lipinski definition) is 1. The Hall–Kier alpha value is -2.69. The van der Waals surface area contributed by atoms with Gasteiger partial charge >= 0.3 is 0 Å². The number of hydrogen-bond acceptors (Lipinski definition) is 6. The quantitative estimate of drug-likeness (QED) is 0.344. The highest BCUT2D eigenvalue weighted by Gasteiger charge is 2.33. The fourth-order valence-corrected chi connectivity index (χ4v) is 5.54. The maximum atomic E-state index is 13.9. The summed E-state index contributed by atoms with van der Waals surface area (Å²) in [5, 5.41) is 3.66. The Balaban J connectivity index is 1.97. The van der Waals surface area contributed by atoms with Gasteiger partial charge in [-0.3, -0.25) is 13.9 Å². The Morgan fingerprint density at radius 2 is 1.79 bits per heavy atom. The summed E-state index contributed by atoms with van der Waals surface area (Å²) in [6.45, 7) is 5.30. The van der Waals surface area contributed by atoms with Gasteiger partial charge < -0.3 is 19.7 Å². The van der Waals surface area contributed by atoms with Gasteiger partial charge in [0.1, 0.15) is 12.6 Å². The maximum Gasteiger partial charge on any atom is 0.244 e. The van der Waals surface area contributed by atoms with Crippen molar-refractivity contribution in [2.24, 2.45) is 0 Å². The summed E-state index contributed by atoms with van der Waals surface area (Å²) >= 11 is 12.5. The number of nitrogens with zero attached hydrogens (tertiary/aromatic N) is 2. The van der Waals surface area contributed by atoms with Crippen LogP contribution in [0.5, 0.6) is 11.5 Å². The molecule has 0 spiro atoms. The normalized spacial score (nSPS) is 13.2. The molecule has 9 nitrogen and oxygen atoms in total. The molecular weight excluding hydrogens is 553 g/mol. The Morgan fingerprint density at radius 3 is 2.45 bits per heavy atom. The zero-order valence-corrected chi connectivity index (χ0v) is 24.0. The fourth-order valence-electron chi connectivity index (χ4n) is 4.02. The van der Waals surface area contributed by atoms with E-state index in [9.17, 15) is 18.0 Å². The molecule has 38 heavy (non-hydrogen) atoms. The summed E-state index contributed by atoms with van der Waals surface area (Å²) in [6, 6.07) is 8.74. The van der Waals surface area contributed by atoms with E-state index in [1.807, 2.05) is 6.92 Å². The van der Waals surface area contributed by atoms with Crippen LogP contribution in [0.25, 0.3) is 0 Å². The number of benzene rings is 2. The van der Waals surface area contributed by atoms with Crippen LogP contribution in [0.4, 0.5) is 5.69 Å². The van der Waals surface area contributed by atoms with E-state index >= 15 is 0 Å². The number of unbranched alkanes of at least 4 members (excludes halogenated alkanes) is 1. The first-order chi connectivity index (χ1) is 18.1. The number of fused-ring (bicyclic) bond motifs is 1. The van der Waals surface area contributed by atoms with Crippen LogP contribution in [0.3, 0.4) is 0 Å². The van der Waals surface area contributed by atoms with Crippen molar-refractivity contribution in [3.63, 3.8) is 0 Å². The van der Waals surface area contributed by atoms with Crippen LogP contribution in [-0.4, -0.2) is 56.8 Å². The van der Waals surface area contributed by atoms with Crippen LogP contribution >= 0.6 is 23.2 Å². The number of nitrogens with one attached hydrogen (secondary N) is 1. The monoisotopic (exact) mass is 585 g/mol. The fraction of sp³-hybridized carbons (Fsp3) is 0.462. The average molecular weight is 587 g/mol. The highest BCUT2D eigenvalue weighted by Crippen LogP contribution is 2.36. The van der Waals surface area contributed by atoms with Gasteiger partial charge in [0, 0.05) is 29.2 Å². The van der Waals surface area contributed by atoms with Gasteiger partial charge in [0.15, 0.2) is 11.5 Å². The van der Waals surface area contributed by atoms with Crippen LogP contribution in [0.15, 0.2) is 36.4 Å². The zero-order chi connectivity index (χ0) is 27.9. The largest absolute Gasteiger partial charge is 0.454 e. The molecule has 1 aliphatic heterocycles. The van der Waals surface area contributed by atoms with Crippen molar-refractivity contribution in [2.45, 2.75) is 52.6 Å². The van der Waals surface area contributed by atoms with E-state index in [1.165, 1.54) is 17.9 Å². The van der Waals surface area contributed by atoms with E-state index in [0.717, 1.165) is 17.1 Å². The van der Waals surface area contributed by atoms with Crippen LogP contribution in [-0.2, 0) is 26.2 Å². The molecule has 208 valence electrons. The molecule has 12 heteroatoms. The highest BCUT2D eigenvalue weighted by atomic mass is 35.5. The second-order valence-electron chi connectivity index (χ2n) is 8.77. The van der Waals surface area contributed by atoms with E-state index < -0.39 is 28.5 Å². The second-order valence-corrected chi connectivity index (χ2v) is 11.8. The summed E-state index contributed by atoms with van der Waals surface area (Å²) in [5.74, 6) is -0.219. The van der Waals surface area contributed by atoms with Crippen molar-refractivity contribution >= 4 is 50.7 Å². The van der Waals surface area contributed by atoms with E-state index in [2.05, 4.69) is 5.32 Å². The molecule has 0 saturated carbocycles. The van der Waals surface area contributed by atoms with Crippen LogP contribution in [0.1, 0.15) is 45.6 Å². The SMILES string of the molecule is CCCCNC(=O)[C@@H](CC)N(Cc1ccc(Cl)cc1Cl)C(=O)CN(c1ccc2c(c1)OCO2)S(=O)(=O)CC. The third kappa shape index (κ3) is 7.24. The molecule has 0 radical (unpaired) electrons. The van der Waals surface area contributed by atoms with Gasteiger partial charge in [-0.15, -0.1) is 0 Å². The summed E-state index contributed by atoms with van der Waals surface area (Å²) < 4.78 is 38.0. The second kappa shape index (κ2) is 13.4. The number of rotatable bonds is 13. The number of anilines is 1. The standard InChI is InChI=1S/C26H33Cl2N3O6S/c1-4-7-12-29-26(33)22(5-2)30(15-18-8-9-19(27)13-21(18)28)25(32)16-31(38(34,35)6-3)20-10-11-23-24(14-20)37-17-36-23/h8-11,13-14,22H,4-7,12,15-17H2,1-3H3,(H,29,33)/t22-/m1/s1. The molecule has 2 amide bonds. The van der Waals surface area contributed by atoms with Gasteiger partial charge in [-0.25, -0.2) is 8.42 Å². The third-order valence-corrected chi connectivity index (χ3v) is 8.52. The number of carbonyl (C=O) groups excluding carboxylic acids is 2. The molecule has 1 heterocycles. The van der Waals surface area contributed by atoms with Crippen molar-refractivity contribution < 1.29 is 27.5 Å². The number of sulfonamides is 1. The molecule has 0 bridgehead atoms. The molecule has 1 atom stereocenters. The van der Waals surface area contributed by atoms with Crippen molar-refractivity contribution in [2.75, 3.05) is 29.9 Å². The minimum Gasteiger partial charge on any atom is -0.454 e. The number of carbonyl (C=O) groups is 2. The topological polar surface area (TPSA) is 105 Å². The van der Waals surface area contributed by atoms with Crippen LogP contribution in [0.2, 0.25) is 10.0 Å². The first-order valence-corrected chi connectivity index (χ1v) is 14.9. The highest BCUT2D eigenvalue weighted by molar-refractivity contribution is 7.92. The first-order valence-electron chi connectivity index (χ1n) is 12.5. The van der Waals surface area contributed by atoms with E-state index in [-0.39, 0.29) is 30.7 Å². The molecular formula is C26H33Cl2N3O6S. The summed E-state index contributed by atoms with van der Waals surface area (Å²) in [4.78, 5) is 28.4. The van der Waals surface area contributed by atoms with Crippen molar-refractivity contribution in [1.29, 1.82) is 0 Å². The third-order valence-electron chi connectivity index (χ3n) is 6.19. The smallest absolute Gasteiger partial charge is 0.244 e. The lowest BCUT2D eigenvalue weighted by atomic mass is 10.1. The van der Waals surface area contributed by atoms with Crippen molar-refractivity contribution in [1.82, 2.24) is 10.2 Å². The minimum absolute atomic E-state index is 0.00427. The van der Waals surface area contributed by atoms with Crippen LogP contribution < -0.4 is 19.1 Å². The van der Waals surface area contributed by atoms with Gasteiger partial charge in [-0.2, -0.15) is 0 Å². The van der Waals surface area contributed by atoms with Gasteiger partial charge in [-0.1, -0.05) is 49.5 Å². The molecule has 1 aliphatic rings. The lowest BCUT2D eigenvalue weighted by molar-refractivity contribution is -0.140. The molecule has 0 fully saturated rings. The summed E-state index contributed by atoms with van der Waals surface area (Å²) in [6.07, 6.45) is 2.02. The number of amides is 2. The van der Waals surface area contributed by atoms with E-state index in [4.69, 9.17) is 32.7 Å². The molecule has 0 saturated heterocycles. The number of halogens is 2. The van der Waals surface area contributed by atoms with Crippen LogP contribution in [0, 0.1) is 0 Å². The predicted octanol–water partition coefficient (Wildman–Crippen LogP) is 4.60. The molecule has 3 rings (SSSR count). The lowest BCUT2D eigenvalue weighted by Gasteiger charge is -2.33. The minimum atomic E-state index is -3.87. The molecule has 2 aromatic rings. The van der Waals surface area contributed by atoms with Crippen molar-refractivity contribution in [3.8, 4) is 11.5 Å². The van der Waals surface area contributed by atoms with E-state index in [1.54, 1.807) is 37.3 Å². The Bertz CT molecular complexity index is 1260. The molecule has 2 aromatic carbocycles. The summed E-state index contributed by atoms with van der Waals surface area (Å²) in [7, 11) is -3.87. The van der Waals surface area contributed by atoms with Gasteiger partial charge in [0.05, 0.1) is 11.4 Å². The van der Waals surface area contributed by atoms with Gasteiger partial charge in [-0.05, 0) is 49.6 Å². The van der Waals surface area contributed by atoms with E-state index in [0.29, 0.717) is 40.1 Å². The summed E-state index contributed by atoms with van der Waals surface area (Å²) in [5.41, 5.74) is 0.839. The lowest BCUT2D eigenvalue weighted by Crippen LogP contribution is -2.52. The first kappa shape index (κ1) is 29.9. The Kier molecular flexibility index (Phi) is 10.5. The molecule has 0 aromatic heterocycles. The molecule has 1 N–H and O–H groups in total. The maximum absolute atomic E-state index is 13.9. The van der Waals surface area contributed by atoms with Gasteiger partial charge in [0.2, 0.25) is 28.6 Å². The predicted molar refractivity (Wildman–Crippen MR) is 148 cm³/mol. The van der Waals surface area contributed by atoms with Crippen molar-refractivity contribution in [3.05, 3.63) is 52.0 Å². The molecule has 0 aliphatic carbocycles. The number of ether oxygens (including phenoxy) is 2.